The van der Waals surface area contributed by atoms with Crippen LogP contribution >= 0.6 is 39.3 Å². The Labute approximate surface area is 161 Å². The number of rotatable bonds is 4. The second kappa shape index (κ2) is 7.54. The van der Waals surface area contributed by atoms with Gasteiger partial charge in [-0.2, -0.15) is 0 Å². The molecule has 1 aliphatic heterocycles. The first-order chi connectivity index (χ1) is 11.0. The Hall–Kier alpha value is -0.265. The summed E-state index contributed by atoms with van der Waals surface area (Å²) in [5.41, 5.74) is 1.04. The van der Waals surface area contributed by atoms with Crippen LogP contribution in [0.2, 0.25) is 5.02 Å². The average Bonchev–Trinajstić information content (AvgIpc) is 2.65. The first-order valence-corrected chi connectivity index (χ1v) is 9.82. The number of hydrogen-bond acceptors (Lipinski definition) is 4. The summed E-state index contributed by atoms with van der Waals surface area (Å²) in [7, 11) is -0.482. The van der Waals surface area contributed by atoms with Gasteiger partial charge in [0.25, 0.3) is 0 Å². The van der Waals surface area contributed by atoms with E-state index in [4.69, 9.17) is 20.9 Å². The molecule has 130 valence electrons. The zero-order valence-corrected chi connectivity index (χ0v) is 17.6. The Morgan fingerprint density at radius 2 is 1.88 bits per heavy atom. The molecular weight excluding hydrogens is 410 g/mol. The average molecular weight is 432 g/mol. The van der Waals surface area contributed by atoms with E-state index in [-0.39, 0.29) is 5.12 Å². The molecule has 1 fully saturated rings. The third-order valence-corrected chi connectivity index (χ3v) is 6.11. The zero-order chi connectivity index (χ0) is 18.1. The minimum atomic E-state index is -0.482. The summed E-state index contributed by atoms with van der Waals surface area (Å²) in [6, 6.07) is 5.60. The Morgan fingerprint density at radius 3 is 2.38 bits per heavy atom. The van der Waals surface area contributed by atoms with Gasteiger partial charge in [0, 0.05) is 22.2 Å². The van der Waals surface area contributed by atoms with Crippen molar-refractivity contribution in [3.8, 4) is 0 Å². The highest BCUT2D eigenvalue weighted by atomic mass is 79.9. The monoisotopic (exact) mass is 430 g/mol. The normalized spacial score (nSPS) is 19.6. The third kappa shape index (κ3) is 4.67. The summed E-state index contributed by atoms with van der Waals surface area (Å²) >= 11 is 10.8. The van der Waals surface area contributed by atoms with Crippen LogP contribution in [-0.2, 0) is 14.1 Å². The minimum Gasteiger partial charge on any atom is -0.400 e. The van der Waals surface area contributed by atoms with Crippen molar-refractivity contribution in [2.24, 2.45) is 0 Å². The SMILES string of the molecule is CC(=O)SCC(=Cc1ccc(Cl)cc1Br)B1OC(C)(C)C(C)(C)O1. The topological polar surface area (TPSA) is 35.5 Å². The highest BCUT2D eigenvalue weighted by molar-refractivity contribution is 9.10. The lowest BCUT2D eigenvalue weighted by Gasteiger charge is -2.32. The molecule has 0 N–H and O–H groups in total. The molecule has 1 heterocycles. The van der Waals surface area contributed by atoms with Crippen LogP contribution in [0.25, 0.3) is 6.08 Å². The fraction of sp³-hybridized carbons (Fsp3) is 0.471. The first-order valence-electron chi connectivity index (χ1n) is 7.66. The minimum absolute atomic E-state index is 0.0626. The molecule has 24 heavy (non-hydrogen) atoms. The van der Waals surface area contributed by atoms with Crippen molar-refractivity contribution in [1.29, 1.82) is 0 Å². The molecule has 0 unspecified atom stereocenters. The summed E-state index contributed by atoms with van der Waals surface area (Å²) in [6.07, 6.45) is 2.00. The van der Waals surface area contributed by atoms with Crippen molar-refractivity contribution in [2.45, 2.75) is 45.8 Å². The van der Waals surface area contributed by atoms with E-state index >= 15 is 0 Å². The van der Waals surface area contributed by atoms with Crippen LogP contribution < -0.4 is 0 Å². The van der Waals surface area contributed by atoms with E-state index in [1.807, 2.05) is 52.0 Å². The molecule has 1 aliphatic rings. The van der Waals surface area contributed by atoms with Gasteiger partial charge in [0.15, 0.2) is 5.12 Å². The Bertz CT molecular complexity index is 660. The second-order valence-corrected chi connectivity index (χ2v) is 9.20. The lowest BCUT2D eigenvalue weighted by atomic mass is 9.78. The molecule has 0 radical (unpaired) electrons. The first kappa shape index (κ1) is 20.1. The highest BCUT2D eigenvalue weighted by Gasteiger charge is 2.52. The maximum Gasteiger partial charge on any atom is 0.491 e. The molecule has 3 nitrogen and oxygen atoms in total. The van der Waals surface area contributed by atoms with E-state index in [2.05, 4.69) is 15.9 Å². The van der Waals surface area contributed by atoms with Crippen LogP contribution in [0.5, 0.6) is 0 Å². The molecule has 1 aromatic rings. The quantitative estimate of drug-likeness (QED) is 0.598. The summed E-state index contributed by atoms with van der Waals surface area (Å²) in [5.74, 6) is 0.515. The van der Waals surface area contributed by atoms with Gasteiger partial charge in [0.1, 0.15) is 0 Å². The van der Waals surface area contributed by atoms with E-state index in [1.165, 1.54) is 11.8 Å². The van der Waals surface area contributed by atoms with Gasteiger partial charge in [-0.15, -0.1) is 0 Å². The summed E-state index contributed by atoms with van der Waals surface area (Å²) in [6.45, 7) is 9.62. The molecule has 2 rings (SSSR count). The van der Waals surface area contributed by atoms with E-state index in [9.17, 15) is 4.79 Å². The van der Waals surface area contributed by atoms with Gasteiger partial charge >= 0.3 is 7.12 Å². The Balaban J connectivity index is 2.35. The van der Waals surface area contributed by atoms with E-state index < -0.39 is 18.3 Å². The maximum absolute atomic E-state index is 11.4. The third-order valence-electron chi connectivity index (χ3n) is 4.30. The van der Waals surface area contributed by atoms with Crippen LogP contribution in [0.15, 0.2) is 28.1 Å². The Morgan fingerprint density at radius 1 is 1.29 bits per heavy atom. The molecular formula is C17H21BBrClO3S. The van der Waals surface area contributed by atoms with Gasteiger partial charge in [-0.3, -0.25) is 4.79 Å². The standard InChI is InChI=1S/C17H21BBrClO3S/c1-11(21)24-10-13(8-12-6-7-14(20)9-15(12)19)18-22-16(2,3)17(4,5)23-18/h6-9H,10H2,1-5H3. The van der Waals surface area contributed by atoms with Crippen molar-refractivity contribution in [2.75, 3.05) is 5.75 Å². The van der Waals surface area contributed by atoms with Crippen LogP contribution in [-0.4, -0.2) is 29.2 Å². The largest absolute Gasteiger partial charge is 0.491 e. The van der Waals surface area contributed by atoms with E-state index in [0.717, 1.165) is 15.5 Å². The van der Waals surface area contributed by atoms with Crippen molar-refractivity contribution in [3.63, 3.8) is 0 Å². The lowest BCUT2D eigenvalue weighted by molar-refractivity contribution is -0.109. The number of hydrogen-bond donors (Lipinski definition) is 0. The van der Waals surface area contributed by atoms with Gasteiger partial charge in [0.05, 0.1) is 11.2 Å². The Kier molecular flexibility index (Phi) is 6.30. The van der Waals surface area contributed by atoms with Gasteiger partial charge in [0.2, 0.25) is 0 Å². The molecule has 0 bridgehead atoms. The molecule has 0 amide bonds. The smallest absolute Gasteiger partial charge is 0.400 e. The predicted molar refractivity (Wildman–Crippen MR) is 106 cm³/mol. The number of benzene rings is 1. The molecule has 0 saturated carbocycles. The predicted octanol–water partition coefficient (Wildman–Crippen LogP) is 5.40. The van der Waals surface area contributed by atoms with E-state index in [0.29, 0.717) is 10.8 Å². The summed E-state index contributed by atoms with van der Waals surface area (Å²) in [5, 5.41) is 0.724. The molecule has 1 saturated heterocycles. The zero-order valence-electron chi connectivity index (χ0n) is 14.5. The van der Waals surface area contributed by atoms with Crippen LogP contribution in [0.1, 0.15) is 40.2 Å². The van der Waals surface area contributed by atoms with Gasteiger partial charge in [-0.05, 0) is 50.9 Å². The molecule has 0 aromatic heterocycles. The van der Waals surface area contributed by atoms with Crippen molar-refractivity contribution in [3.05, 3.63) is 38.7 Å². The lowest BCUT2D eigenvalue weighted by Crippen LogP contribution is -2.41. The van der Waals surface area contributed by atoms with Gasteiger partial charge < -0.3 is 9.31 Å². The fourth-order valence-corrected chi connectivity index (χ4v) is 3.56. The highest BCUT2D eigenvalue weighted by Crippen LogP contribution is 2.39. The molecule has 7 heteroatoms. The second-order valence-electron chi connectivity index (χ2n) is 6.75. The molecule has 0 spiro atoms. The summed E-state index contributed by atoms with van der Waals surface area (Å²) in [4.78, 5) is 11.4. The van der Waals surface area contributed by atoms with Crippen molar-refractivity contribution < 1.29 is 14.1 Å². The number of carbonyl (C=O) groups is 1. The number of carbonyl (C=O) groups excluding carboxylic acids is 1. The summed E-state index contributed by atoms with van der Waals surface area (Å²) < 4.78 is 13.2. The molecule has 0 atom stereocenters. The van der Waals surface area contributed by atoms with Crippen LogP contribution in [0.3, 0.4) is 0 Å². The van der Waals surface area contributed by atoms with Crippen LogP contribution in [0, 0.1) is 0 Å². The molecule has 0 aliphatic carbocycles. The number of thioether (sulfide) groups is 1. The van der Waals surface area contributed by atoms with Crippen molar-refractivity contribution in [1.82, 2.24) is 0 Å². The number of halogens is 2. The van der Waals surface area contributed by atoms with E-state index in [1.54, 1.807) is 6.92 Å². The van der Waals surface area contributed by atoms with Gasteiger partial charge in [-0.1, -0.05) is 51.4 Å². The maximum atomic E-state index is 11.4. The van der Waals surface area contributed by atoms with Crippen molar-refractivity contribution >= 4 is 57.6 Å². The fourth-order valence-electron chi connectivity index (χ4n) is 2.18. The molecule has 1 aromatic carbocycles. The van der Waals surface area contributed by atoms with Crippen LogP contribution in [0.4, 0.5) is 0 Å². The van der Waals surface area contributed by atoms with Gasteiger partial charge in [-0.25, -0.2) is 0 Å².